The molecule has 2 aliphatic heterocycles. The van der Waals surface area contributed by atoms with E-state index in [0.717, 1.165) is 11.3 Å². The van der Waals surface area contributed by atoms with E-state index in [-0.39, 0.29) is 17.1 Å². The van der Waals surface area contributed by atoms with Gasteiger partial charge >= 0.3 is 5.97 Å². The summed E-state index contributed by atoms with van der Waals surface area (Å²) in [4.78, 5) is 32.2. The molecule has 30 heavy (non-hydrogen) atoms. The van der Waals surface area contributed by atoms with Gasteiger partial charge in [-0.15, -0.1) is 0 Å². The number of esters is 1. The molecule has 0 unspecified atom stereocenters. The van der Waals surface area contributed by atoms with E-state index >= 15 is 0 Å². The highest BCUT2D eigenvalue weighted by Crippen LogP contribution is 2.38. The maximum absolute atomic E-state index is 13.0. The van der Waals surface area contributed by atoms with Crippen molar-refractivity contribution in [2.75, 3.05) is 13.7 Å². The van der Waals surface area contributed by atoms with Crippen molar-refractivity contribution >= 4 is 34.9 Å². The average molecular weight is 429 g/mol. The maximum atomic E-state index is 13.0. The van der Waals surface area contributed by atoms with Crippen molar-refractivity contribution in [2.45, 2.75) is 45.4 Å². The summed E-state index contributed by atoms with van der Waals surface area (Å²) in [5.74, 6) is 0.471. The Morgan fingerprint density at radius 3 is 2.73 bits per heavy atom. The zero-order valence-corrected chi connectivity index (χ0v) is 18.9. The number of carbonyl (C=O) groups is 2. The van der Waals surface area contributed by atoms with Gasteiger partial charge in [-0.1, -0.05) is 62.9 Å². The minimum absolute atomic E-state index is 0.0300. The second-order valence-electron chi connectivity index (χ2n) is 7.65. The maximum Gasteiger partial charge on any atom is 0.338 e. The second-order valence-corrected chi connectivity index (χ2v) is 8.82. The van der Waals surface area contributed by atoms with E-state index in [4.69, 9.17) is 9.47 Å². The number of methoxy groups -OCH3 is 1. The molecule has 160 valence electrons. The highest BCUT2D eigenvalue weighted by Gasteiger charge is 2.45. The van der Waals surface area contributed by atoms with Gasteiger partial charge in [0.1, 0.15) is 5.75 Å². The van der Waals surface area contributed by atoms with Gasteiger partial charge < -0.3 is 9.47 Å². The highest BCUT2D eigenvalue weighted by molar-refractivity contribution is 8.15. The largest absolute Gasteiger partial charge is 0.496 e. The number of carbonyl (C=O) groups excluding carboxylic acids is 2. The number of thioether (sulfide) groups is 1. The molecule has 0 N–H and O–H groups in total. The number of amides is 1. The standard InChI is InChI=1S/C23H28N2O4S/c1-6-19-21(26)25-17(12-11-16-9-7-8-10-18(16)28-5)20(15(4)24-23(25)30-19)22(27)29-13-14(2)3/h7-12,14,17,19H,6,13H2,1-5H3/b12-11+/t17-,19-/m1/s1. The third kappa shape index (κ3) is 4.46. The van der Waals surface area contributed by atoms with Crippen molar-refractivity contribution in [3.8, 4) is 5.75 Å². The molecule has 7 heteroatoms. The predicted octanol–water partition coefficient (Wildman–Crippen LogP) is 4.27. The number of hydrogen-bond donors (Lipinski definition) is 0. The van der Waals surface area contributed by atoms with E-state index in [0.29, 0.717) is 29.5 Å². The topological polar surface area (TPSA) is 68.2 Å². The molecule has 0 bridgehead atoms. The molecule has 0 spiro atoms. The fourth-order valence-electron chi connectivity index (χ4n) is 3.39. The van der Waals surface area contributed by atoms with Gasteiger partial charge in [-0.25, -0.2) is 9.79 Å². The van der Waals surface area contributed by atoms with E-state index in [1.165, 1.54) is 11.8 Å². The van der Waals surface area contributed by atoms with Crippen LogP contribution < -0.4 is 4.74 Å². The first-order valence-electron chi connectivity index (χ1n) is 10.1. The Labute approximate surface area is 182 Å². The smallest absolute Gasteiger partial charge is 0.338 e. The van der Waals surface area contributed by atoms with Crippen molar-refractivity contribution in [1.29, 1.82) is 0 Å². The summed E-state index contributed by atoms with van der Waals surface area (Å²) in [6.07, 6.45) is 4.44. The van der Waals surface area contributed by atoms with E-state index in [2.05, 4.69) is 4.99 Å². The molecule has 2 heterocycles. The number of allylic oxidation sites excluding steroid dienone is 1. The summed E-state index contributed by atoms with van der Waals surface area (Å²) in [6, 6.07) is 7.04. The fraction of sp³-hybridized carbons (Fsp3) is 0.435. The minimum atomic E-state index is -0.571. The number of para-hydroxylation sites is 1. The molecule has 1 amide bonds. The summed E-state index contributed by atoms with van der Waals surface area (Å²) in [5.41, 5.74) is 1.85. The van der Waals surface area contributed by atoms with Gasteiger partial charge in [0, 0.05) is 5.56 Å². The number of nitrogens with zero attached hydrogens (tertiary/aromatic N) is 2. The summed E-state index contributed by atoms with van der Waals surface area (Å²) < 4.78 is 10.9. The molecule has 1 aromatic rings. The van der Waals surface area contributed by atoms with Crippen LogP contribution in [0.1, 0.15) is 39.7 Å². The molecule has 0 saturated carbocycles. The number of fused-ring (bicyclic) bond motifs is 1. The third-order valence-corrected chi connectivity index (χ3v) is 6.25. The lowest BCUT2D eigenvalue weighted by Crippen LogP contribution is -2.45. The Morgan fingerprint density at radius 1 is 1.33 bits per heavy atom. The van der Waals surface area contributed by atoms with Gasteiger partial charge in [-0.3, -0.25) is 9.69 Å². The minimum Gasteiger partial charge on any atom is -0.496 e. The molecule has 2 aliphatic rings. The zero-order chi connectivity index (χ0) is 21.8. The molecular formula is C23H28N2O4S. The van der Waals surface area contributed by atoms with Crippen LogP contribution in [-0.4, -0.2) is 47.0 Å². The third-order valence-electron chi connectivity index (χ3n) is 4.93. The van der Waals surface area contributed by atoms with Gasteiger partial charge in [-0.05, 0) is 25.3 Å². The Bertz CT molecular complexity index is 920. The molecule has 1 aromatic carbocycles. The summed E-state index contributed by atoms with van der Waals surface area (Å²) >= 11 is 1.45. The molecule has 0 aromatic heterocycles. The Balaban J connectivity index is 2.01. The van der Waals surface area contributed by atoms with Crippen molar-refractivity contribution in [2.24, 2.45) is 10.9 Å². The number of amidine groups is 1. The monoisotopic (exact) mass is 428 g/mol. The molecule has 1 fully saturated rings. The molecule has 3 rings (SSSR count). The van der Waals surface area contributed by atoms with Crippen molar-refractivity contribution in [3.05, 3.63) is 47.2 Å². The number of benzene rings is 1. The SMILES string of the molecule is CC[C@H]1SC2=NC(C)=C(C(=O)OCC(C)C)[C@@H](/C=C/c3ccccc3OC)N2C1=O. The zero-order valence-electron chi connectivity index (χ0n) is 18.0. The molecule has 2 atom stereocenters. The van der Waals surface area contributed by atoms with E-state index in [1.807, 2.05) is 57.2 Å². The molecule has 1 saturated heterocycles. The molecule has 6 nitrogen and oxygen atoms in total. The number of aliphatic imine (C=N–C) groups is 1. The van der Waals surface area contributed by atoms with E-state index < -0.39 is 12.0 Å². The normalized spacial score (nSPS) is 21.3. The van der Waals surface area contributed by atoms with Crippen LogP contribution in [0.5, 0.6) is 5.75 Å². The first kappa shape index (κ1) is 22.2. The second kappa shape index (κ2) is 9.51. The lowest BCUT2D eigenvalue weighted by Gasteiger charge is -2.31. The van der Waals surface area contributed by atoms with Gasteiger partial charge in [0.25, 0.3) is 0 Å². The van der Waals surface area contributed by atoms with Crippen molar-refractivity contribution < 1.29 is 19.1 Å². The quantitative estimate of drug-likeness (QED) is 0.607. The van der Waals surface area contributed by atoms with Gasteiger partial charge in [0.15, 0.2) is 5.17 Å². The van der Waals surface area contributed by atoms with Crippen LogP contribution >= 0.6 is 11.8 Å². The average Bonchev–Trinajstić information content (AvgIpc) is 3.05. The van der Waals surface area contributed by atoms with Crippen LogP contribution in [0, 0.1) is 5.92 Å². The Hall–Kier alpha value is -2.54. The molecular weight excluding hydrogens is 400 g/mol. The Morgan fingerprint density at radius 2 is 2.07 bits per heavy atom. The first-order chi connectivity index (χ1) is 14.4. The molecule has 0 aliphatic carbocycles. The lowest BCUT2D eigenvalue weighted by molar-refractivity contribution is -0.140. The van der Waals surface area contributed by atoms with Crippen LogP contribution in [-0.2, 0) is 14.3 Å². The number of ether oxygens (including phenoxy) is 2. The van der Waals surface area contributed by atoms with E-state index in [9.17, 15) is 9.59 Å². The lowest BCUT2D eigenvalue weighted by atomic mass is 10.00. The fourth-order valence-corrected chi connectivity index (χ4v) is 4.54. The summed E-state index contributed by atoms with van der Waals surface area (Å²) in [6.45, 7) is 8.06. The van der Waals surface area contributed by atoms with Gasteiger partial charge in [-0.2, -0.15) is 0 Å². The van der Waals surface area contributed by atoms with Crippen molar-refractivity contribution in [3.63, 3.8) is 0 Å². The van der Waals surface area contributed by atoms with E-state index in [1.54, 1.807) is 18.9 Å². The summed E-state index contributed by atoms with van der Waals surface area (Å²) in [7, 11) is 1.61. The van der Waals surface area contributed by atoms with Crippen LogP contribution in [0.15, 0.2) is 46.6 Å². The van der Waals surface area contributed by atoms with Gasteiger partial charge in [0.05, 0.1) is 36.3 Å². The van der Waals surface area contributed by atoms with Crippen LogP contribution in [0.4, 0.5) is 0 Å². The number of hydrogen-bond acceptors (Lipinski definition) is 6. The van der Waals surface area contributed by atoms with Crippen molar-refractivity contribution in [1.82, 2.24) is 4.90 Å². The van der Waals surface area contributed by atoms with Gasteiger partial charge in [0.2, 0.25) is 5.91 Å². The Kier molecular flexibility index (Phi) is 7.02. The van der Waals surface area contributed by atoms with Crippen LogP contribution in [0.3, 0.4) is 0 Å². The highest BCUT2D eigenvalue weighted by atomic mass is 32.2. The van der Waals surface area contributed by atoms with Crippen LogP contribution in [0.2, 0.25) is 0 Å². The number of rotatable bonds is 7. The molecule has 0 radical (unpaired) electrons. The predicted molar refractivity (Wildman–Crippen MR) is 120 cm³/mol. The van der Waals surface area contributed by atoms with Crippen LogP contribution in [0.25, 0.3) is 6.08 Å². The first-order valence-corrected chi connectivity index (χ1v) is 11.0. The summed E-state index contributed by atoms with van der Waals surface area (Å²) in [5, 5.41) is 0.448.